The molecule has 0 radical (unpaired) electrons. The van der Waals surface area contributed by atoms with Crippen LogP contribution >= 0.6 is 0 Å². The van der Waals surface area contributed by atoms with Crippen LogP contribution in [0.4, 0.5) is 0 Å². The van der Waals surface area contributed by atoms with E-state index >= 15 is 0 Å². The number of methoxy groups -OCH3 is 1. The Morgan fingerprint density at radius 2 is 1.79 bits per heavy atom. The van der Waals surface area contributed by atoms with Crippen molar-refractivity contribution in [2.24, 2.45) is 22.7 Å². The molecule has 0 bridgehead atoms. The first-order chi connectivity index (χ1) is 22.9. The molecule has 4 heterocycles. The van der Waals surface area contributed by atoms with Crippen LogP contribution in [0, 0.1) is 22.7 Å². The van der Waals surface area contributed by atoms with E-state index in [2.05, 4.69) is 19.9 Å². The number of hydrogen-bond acceptors (Lipinski definition) is 12. The summed E-state index contributed by atoms with van der Waals surface area (Å²) in [6, 6.07) is 0. The molecular formula is C36H52O12. The van der Waals surface area contributed by atoms with Gasteiger partial charge in [-0.15, -0.1) is 0 Å². The molecule has 0 amide bonds. The maximum atomic E-state index is 11.9. The summed E-state index contributed by atoms with van der Waals surface area (Å²) in [5.41, 5.74) is 2.08. The molecule has 48 heavy (non-hydrogen) atoms. The van der Waals surface area contributed by atoms with E-state index in [9.17, 15) is 25.2 Å². The molecule has 4 aliphatic heterocycles. The van der Waals surface area contributed by atoms with Crippen molar-refractivity contribution in [1.29, 1.82) is 0 Å². The Morgan fingerprint density at radius 1 is 0.979 bits per heavy atom. The number of rotatable bonds is 7. The smallest absolute Gasteiger partial charge is 0.331 e. The Balaban J connectivity index is 0.899. The van der Waals surface area contributed by atoms with Crippen molar-refractivity contribution in [2.75, 3.05) is 20.3 Å². The summed E-state index contributed by atoms with van der Waals surface area (Å²) in [6.07, 6.45) is 3.87. The lowest BCUT2D eigenvalue weighted by Crippen LogP contribution is -2.61. The second-order valence-corrected chi connectivity index (χ2v) is 16.2. The van der Waals surface area contributed by atoms with Crippen molar-refractivity contribution in [3.8, 4) is 0 Å². The first-order valence-corrected chi connectivity index (χ1v) is 18.0. The third kappa shape index (κ3) is 4.74. The van der Waals surface area contributed by atoms with Gasteiger partial charge in [0.05, 0.1) is 24.9 Å². The Kier molecular flexibility index (Phi) is 8.28. The van der Waals surface area contributed by atoms with Crippen LogP contribution in [0.25, 0.3) is 0 Å². The molecule has 6 fully saturated rings. The summed E-state index contributed by atoms with van der Waals surface area (Å²) in [4.78, 5) is 11.9. The molecule has 16 atom stereocenters. The van der Waals surface area contributed by atoms with Crippen LogP contribution in [0.3, 0.4) is 0 Å². The molecule has 3 saturated heterocycles. The molecule has 12 nitrogen and oxygen atoms in total. The lowest BCUT2D eigenvalue weighted by Gasteiger charge is -2.58. The van der Waals surface area contributed by atoms with E-state index in [1.807, 2.05) is 6.92 Å². The monoisotopic (exact) mass is 676 g/mol. The highest BCUT2D eigenvalue weighted by atomic mass is 16.7. The van der Waals surface area contributed by atoms with Crippen molar-refractivity contribution in [3.05, 3.63) is 23.3 Å². The number of ether oxygens (including phenoxy) is 7. The fraction of sp³-hybridized carbons (Fsp3) is 0.861. The normalized spacial score (nSPS) is 54.3. The summed E-state index contributed by atoms with van der Waals surface area (Å²) in [5, 5.41) is 40.5. The number of carbonyl (C=O) groups is 1. The van der Waals surface area contributed by atoms with Crippen molar-refractivity contribution < 1.29 is 58.4 Å². The molecule has 8 aliphatic rings. The van der Waals surface area contributed by atoms with Gasteiger partial charge in [0.25, 0.3) is 0 Å². The van der Waals surface area contributed by atoms with Crippen LogP contribution in [-0.2, 0) is 38.0 Å². The third-order valence-electron chi connectivity index (χ3n) is 14.1. The van der Waals surface area contributed by atoms with Crippen molar-refractivity contribution >= 4 is 5.97 Å². The van der Waals surface area contributed by atoms with Gasteiger partial charge in [-0.25, -0.2) is 4.79 Å². The van der Waals surface area contributed by atoms with Crippen LogP contribution < -0.4 is 0 Å². The Hall–Kier alpha value is -1.45. The summed E-state index contributed by atoms with van der Waals surface area (Å²) in [7, 11) is 1.59. The number of carbonyl (C=O) groups excluding carboxylic acids is 1. The number of cyclic esters (lactones) is 1. The highest BCUT2D eigenvalue weighted by Crippen LogP contribution is 2.80. The fourth-order valence-corrected chi connectivity index (χ4v) is 11.5. The number of epoxide rings is 1. The minimum absolute atomic E-state index is 0.0595. The van der Waals surface area contributed by atoms with E-state index in [1.165, 1.54) is 5.57 Å². The zero-order chi connectivity index (χ0) is 33.8. The minimum Gasteiger partial charge on any atom is -0.458 e. The average molecular weight is 677 g/mol. The van der Waals surface area contributed by atoms with Gasteiger partial charge < -0.3 is 53.6 Å². The predicted octanol–water partition coefficient (Wildman–Crippen LogP) is 2.04. The summed E-state index contributed by atoms with van der Waals surface area (Å²) >= 11 is 0. The van der Waals surface area contributed by atoms with Crippen LogP contribution in [0.1, 0.15) is 78.6 Å². The molecule has 268 valence electrons. The van der Waals surface area contributed by atoms with Gasteiger partial charge >= 0.3 is 5.97 Å². The second kappa shape index (κ2) is 11.8. The highest BCUT2D eigenvalue weighted by molar-refractivity contribution is 5.87. The quantitative estimate of drug-likeness (QED) is 0.176. The minimum atomic E-state index is -1.52. The standard InChI is InChI=1S/C36H52O12/c1-18-31(47-32-30(41)29(40)28(39)24(16-37)46-32)23(42-4)15-27(44-18)45-21-6-9-33(2)20(14-21)5-11-35-25(33)8-10-34(3)22(7-12-36(34,35)48-35)19-13-26(38)43-17-19/h7,13,18,20-21,23-25,27-32,37,39-41H,5-6,8-12,14-17H2,1-4H3. The molecule has 0 aromatic rings. The number of esters is 1. The maximum absolute atomic E-state index is 11.9. The van der Waals surface area contributed by atoms with Gasteiger partial charge in [0.1, 0.15) is 48.3 Å². The molecule has 4 aliphatic carbocycles. The molecule has 12 heteroatoms. The van der Waals surface area contributed by atoms with E-state index < -0.39 is 61.9 Å². The van der Waals surface area contributed by atoms with E-state index in [1.54, 1.807) is 13.2 Å². The van der Waals surface area contributed by atoms with Crippen LogP contribution in [0.15, 0.2) is 23.3 Å². The Bertz CT molecular complexity index is 1350. The lowest BCUT2D eigenvalue weighted by molar-refractivity contribution is -0.345. The van der Waals surface area contributed by atoms with E-state index in [0.29, 0.717) is 24.9 Å². The van der Waals surface area contributed by atoms with Crippen molar-refractivity contribution in [1.82, 2.24) is 0 Å². The van der Waals surface area contributed by atoms with Crippen LogP contribution in [-0.4, -0.2) is 119 Å². The molecule has 8 rings (SSSR count). The van der Waals surface area contributed by atoms with Crippen molar-refractivity contribution in [2.45, 2.75) is 151 Å². The van der Waals surface area contributed by atoms with Crippen LogP contribution in [0.2, 0.25) is 0 Å². The first kappa shape index (κ1) is 33.7. The summed E-state index contributed by atoms with van der Waals surface area (Å²) in [6.45, 7) is 6.55. The molecule has 3 saturated carbocycles. The number of fused-ring (bicyclic) bond motifs is 2. The van der Waals surface area contributed by atoms with Gasteiger partial charge in [0.2, 0.25) is 0 Å². The lowest BCUT2D eigenvalue weighted by atomic mass is 9.44. The third-order valence-corrected chi connectivity index (χ3v) is 14.1. The van der Waals surface area contributed by atoms with Gasteiger partial charge in [0, 0.05) is 30.6 Å². The largest absolute Gasteiger partial charge is 0.458 e. The SMILES string of the molecule is COC1CC(OC2CCC3(C)C(CCC45OC46CC=C(C4=CC(=O)OC4)C6(C)CCC35)C2)OC(C)C1OC1OC(CO)C(O)C(O)C1O. The van der Waals surface area contributed by atoms with E-state index in [0.717, 1.165) is 56.9 Å². The van der Waals surface area contributed by atoms with Gasteiger partial charge in [0.15, 0.2) is 12.6 Å². The summed E-state index contributed by atoms with van der Waals surface area (Å²) < 4.78 is 42.8. The molecule has 4 N–H and O–H groups in total. The molecule has 2 spiro atoms. The van der Waals surface area contributed by atoms with E-state index in [-0.39, 0.29) is 34.1 Å². The molecule has 0 aromatic heterocycles. The Morgan fingerprint density at radius 3 is 2.52 bits per heavy atom. The molecular weight excluding hydrogens is 624 g/mol. The molecule has 16 unspecified atom stereocenters. The van der Waals surface area contributed by atoms with Gasteiger partial charge in [-0.1, -0.05) is 19.9 Å². The fourth-order valence-electron chi connectivity index (χ4n) is 11.5. The summed E-state index contributed by atoms with van der Waals surface area (Å²) in [5.74, 6) is 0.774. The van der Waals surface area contributed by atoms with Gasteiger partial charge in [-0.05, 0) is 81.1 Å². The zero-order valence-electron chi connectivity index (χ0n) is 28.4. The maximum Gasteiger partial charge on any atom is 0.331 e. The number of hydrogen-bond donors (Lipinski definition) is 4. The second-order valence-electron chi connectivity index (χ2n) is 16.2. The number of aliphatic hydroxyl groups excluding tert-OH is 4. The van der Waals surface area contributed by atoms with Crippen LogP contribution in [0.5, 0.6) is 0 Å². The molecule has 0 aromatic carbocycles. The highest BCUT2D eigenvalue weighted by Gasteiger charge is 2.85. The first-order valence-electron chi connectivity index (χ1n) is 18.0. The average Bonchev–Trinajstić information content (AvgIpc) is 3.38. The van der Waals surface area contributed by atoms with E-state index in [4.69, 9.17) is 33.2 Å². The van der Waals surface area contributed by atoms with Crippen molar-refractivity contribution in [3.63, 3.8) is 0 Å². The predicted molar refractivity (Wildman–Crippen MR) is 167 cm³/mol. The number of aliphatic hydroxyl groups is 4. The van der Waals surface area contributed by atoms with Gasteiger partial charge in [-0.2, -0.15) is 0 Å². The zero-order valence-corrected chi connectivity index (χ0v) is 28.4. The Labute approximate surface area is 281 Å². The van der Waals surface area contributed by atoms with Gasteiger partial charge in [-0.3, -0.25) is 0 Å². The topological polar surface area (TPSA) is 166 Å².